The van der Waals surface area contributed by atoms with Crippen LogP contribution in [0.4, 0.5) is 5.69 Å². The number of aromatic nitrogens is 2. The van der Waals surface area contributed by atoms with Crippen LogP contribution in [0.3, 0.4) is 0 Å². The number of hydrogen-bond acceptors (Lipinski definition) is 3. The highest BCUT2D eigenvalue weighted by Crippen LogP contribution is 2.32. The van der Waals surface area contributed by atoms with Crippen LogP contribution in [-0.2, 0) is 4.79 Å². The highest BCUT2D eigenvalue weighted by Gasteiger charge is 2.13. The van der Waals surface area contributed by atoms with E-state index in [4.69, 9.17) is 0 Å². The van der Waals surface area contributed by atoms with Crippen molar-refractivity contribution in [3.63, 3.8) is 0 Å². The Bertz CT molecular complexity index is 854. The third-order valence-corrected chi connectivity index (χ3v) is 3.51. The molecule has 0 fully saturated rings. The van der Waals surface area contributed by atoms with Gasteiger partial charge in [-0.25, -0.2) is 4.98 Å². The van der Waals surface area contributed by atoms with Crippen LogP contribution in [-0.4, -0.2) is 21.0 Å². The van der Waals surface area contributed by atoms with Crippen LogP contribution in [0.25, 0.3) is 22.6 Å². The SMILES string of the molecule is CC(=O)Nc1ccc(-c2nc(-c3ccccc3)c(C)[nH]2)c(O)c1. The second-order valence-electron chi connectivity index (χ2n) is 5.34. The van der Waals surface area contributed by atoms with Gasteiger partial charge < -0.3 is 15.4 Å². The first kappa shape index (κ1) is 14.8. The van der Waals surface area contributed by atoms with E-state index in [-0.39, 0.29) is 11.7 Å². The molecule has 0 atom stereocenters. The Kier molecular flexibility index (Phi) is 3.85. The van der Waals surface area contributed by atoms with Crippen LogP contribution in [0, 0.1) is 6.92 Å². The predicted octanol–water partition coefficient (Wildman–Crippen LogP) is 3.72. The Morgan fingerprint density at radius 3 is 2.57 bits per heavy atom. The molecule has 3 aromatic rings. The lowest BCUT2D eigenvalue weighted by molar-refractivity contribution is -0.114. The third kappa shape index (κ3) is 3.08. The van der Waals surface area contributed by atoms with E-state index in [2.05, 4.69) is 15.3 Å². The number of phenols is 1. The summed E-state index contributed by atoms with van der Waals surface area (Å²) in [6, 6.07) is 14.8. The molecule has 0 saturated carbocycles. The summed E-state index contributed by atoms with van der Waals surface area (Å²) < 4.78 is 0. The molecule has 0 aliphatic carbocycles. The van der Waals surface area contributed by atoms with Gasteiger partial charge >= 0.3 is 0 Å². The number of phenolic OH excluding ortho intramolecular Hbond substituents is 1. The smallest absolute Gasteiger partial charge is 0.221 e. The molecule has 23 heavy (non-hydrogen) atoms. The number of amides is 1. The normalized spacial score (nSPS) is 10.5. The van der Waals surface area contributed by atoms with Crippen LogP contribution in [0.15, 0.2) is 48.5 Å². The van der Waals surface area contributed by atoms with Gasteiger partial charge in [0.25, 0.3) is 0 Å². The van der Waals surface area contributed by atoms with E-state index < -0.39 is 0 Å². The minimum Gasteiger partial charge on any atom is -0.507 e. The summed E-state index contributed by atoms with van der Waals surface area (Å²) in [6.07, 6.45) is 0. The van der Waals surface area contributed by atoms with Crippen molar-refractivity contribution in [3.05, 3.63) is 54.2 Å². The fraction of sp³-hybridized carbons (Fsp3) is 0.111. The maximum absolute atomic E-state index is 11.1. The molecule has 1 aromatic heterocycles. The number of aromatic amines is 1. The number of H-pyrrole nitrogens is 1. The summed E-state index contributed by atoms with van der Waals surface area (Å²) in [5.74, 6) is 0.468. The monoisotopic (exact) mass is 307 g/mol. The maximum atomic E-state index is 11.1. The lowest BCUT2D eigenvalue weighted by Gasteiger charge is -2.05. The Balaban J connectivity index is 1.98. The summed E-state index contributed by atoms with van der Waals surface area (Å²) >= 11 is 0. The summed E-state index contributed by atoms with van der Waals surface area (Å²) in [5, 5.41) is 12.9. The third-order valence-electron chi connectivity index (χ3n) is 3.51. The Labute approximate surface area is 134 Å². The lowest BCUT2D eigenvalue weighted by atomic mass is 10.1. The zero-order valence-corrected chi connectivity index (χ0v) is 12.9. The molecule has 5 heteroatoms. The first-order chi connectivity index (χ1) is 11.0. The number of rotatable bonds is 3. The molecule has 0 radical (unpaired) electrons. The molecule has 2 aromatic carbocycles. The number of benzene rings is 2. The van der Waals surface area contributed by atoms with E-state index in [1.54, 1.807) is 12.1 Å². The average molecular weight is 307 g/mol. The molecular formula is C18H17N3O2. The van der Waals surface area contributed by atoms with Crippen molar-refractivity contribution in [2.75, 3.05) is 5.32 Å². The van der Waals surface area contributed by atoms with Crippen LogP contribution in [0.2, 0.25) is 0 Å². The maximum Gasteiger partial charge on any atom is 0.221 e. The number of hydrogen-bond donors (Lipinski definition) is 3. The Morgan fingerprint density at radius 1 is 1.17 bits per heavy atom. The summed E-state index contributed by atoms with van der Waals surface area (Å²) in [5.41, 5.74) is 3.93. The second-order valence-corrected chi connectivity index (χ2v) is 5.34. The van der Waals surface area contributed by atoms with E-state index in [0.29, 0.717) is 17.1 Å². The zero-order valence-electron chi connectivity index (χ0n) is 12.9. The number of nitrogens with one attached hydrogen (secondary N) is 2. The molecule has 5 nitrogen and oxygen atoms in total. The first-order valence-corrected chi connectivity index (χ1v) is 7.27. The molecule has 0 bridgehead atoms. The summed E-state index contributed by atoms with van der Waals surface area (Å²) in [7, 11) is 0. The van der Waals surface area contributed by atoms with Crippen LogP contribution < -0.4 is 5.32 Å². The van der Waals surface area contributed by atoms with Gasteiger partial charge in [0.2, 0.25) is 5.91 Å². The number of aryl methyl sites for hydroxylation is 1. The van der Waals surface area contributed by atoms with E-state index in [0.717, 1.165) is 17.0 Å². The fourth-order valence-corrected chi connectivity index (χ4v) is 2.48. The van der Waals surface area contributed by atoms with Gasteiger partial charge in [0.1, 0.15) is 11.6 Å². The van der Waals surface area contributed by atoms with Gasteiger partial charge in [0.05, 0.1) is 11.3 Å². The molecule has 0 unspecified atom stereocenters. The standard InChI is InChI=1S/C18H17N3O2/c1-11-17(13-6-4-3-5-7-13)21-18(19-11)15-9-8-14(10-16(15)23)20-12(2)22/h3-10,23H,1-2H3,(H,19,21)(H,20,22). The van der Waals surface area contributed by atoms with Crippen molar-refractivity contribution in [1.82, 2.24) is 9.97 Å². The van der Waals surface area contributed by atoms with Crippen molar-refractivity contribution in [3.8, 4) is 28.4 Å². The average Bonchev–Trinajstić information content (AvgIpc) is 2.89. The minimum absolute atomic E-state index is 0.0598. The topological polar surface area (TPSA) is 78.0 Å². The van der Waals surface area contributed by atoms with E-state index in [9.17, 15) is 9.90 Å². The number of imidazole rings is 1. The number of carbonyl (C=O) groups is 1. The molecular weight excluding hydrogens is 290 g/mol. The van der Waals surface area contributed by atoms with Gasteiger partial charge in [-0.05, 0) is 19.1 Å². The highest BCUT2D eigenvalue weighted by atomic mass is 16.3. The molecule has 0 aliphatic rings. The van der Waals surface area contributed by atoms with E-state index >= 15 is 0 Å². The van der Waals surface area contributed by atoms with Crippen LogP contribution in [0.5, 0.6) is 5.75 Å². The number of aromatic hydroxyl groups is 1. The summed E-state index contributed by atoms with van der Waals surface area (Å²) in [4.78, 5) is 18.9. The van der Waals surface area contributed by atoms with Gasteiger partial charge in [0.15, 0.2) is 0 Å². The highest BCUT2D eigenvalue weighted by molar-refractivity contribution is 5.89. The molecule has 0 saturated heterocycles. The van der Waals surface area contributed by atoms with Crippen molar-refractivity contribution in [2.45, 2.75) is 13.8 Å². The quantitative estimate of drug-likeness (QED) is 0.690. The molecule has 3 N–H and O–H groups in total. The van der Waals surface area contributed by atoms with Crippen molar-refractivity contribution in [1.29, 1.82) is 0 Å². The van der Waals surface area contributed by atoms with Gasteiger partial charge in [0, 0.05) is 29.9 Å². The summed E-state index contributed by atoms with van der Waals surface area (Å²) in [6.45, 7) is 3.37. The van der Waals surface area contributed by atoms with Gasteiger partial charge in [-0.1, -0.05) is 30.3 Å². The van der Waals surface area contributed by atoms with Crippen molar-refractivity contribution in [2.24, 2.45) is 0 Å². The molecule has 1 amide bonds. The van der Waals surface area contributed by atoms with Gasteiger partial charge in [-0.3, -0.25) is 4.79 Å². The van der Waals surface area contributed by atoms with Crippen LogP contribution >= 0.6 is 0 Å². The van der Waals surface area contributed by atoms with Crippen LogP contribution in [0.1, 0.15) is 12.6 Å². The van der Waals surface area contributed by atoms with E-state index in [1.165, 1.54) is 13.0 Å². The van der Waals surface area contributed by atoms with Crippen molar-refractivity contribution >= 4 is 11.6 Å². The lowest BCUT2D eigenvalue weighted by Crippen LogP contribution is -2.05. The van der Waals surface area contributed by atoms with Gasteiger partial charge in [-0.15, -0.1) is 0 Å². The minimum atomic E-state index is -0.183. The second kappa shape index (κ2) is 5.96. The number of carbonyl (C=O) groups excluding carboxylic acids is 1. The number of anilines is 1. The molecule has 3 rings (SSSR count). The molecule has 116 valence electrons. The Hall–Kier alpha value is -3.08. The zero-order chi connectivity index (χ0) is 16.4. The van der Waals surface area contributed by atoms with E-state index in [1.807, 2.05) is 37.3 Å². The molecule has 1 heterocycles. The van der Waals surface area contributed by atoms with Gasteiger partial charge in [-0.2, -0.15) is 0 Å². The molecule has 0 spiro atoms. The number of nitrogens with zero attached hydrogens (tertiary/aromatic N) is 1. The molecule has 0 aliphatic heterocycles. The Morgan fingerprint density at radius 2 is 1.91 bits per heavy atom. The predicted molar refractivity (Wildman–Crippen MR) is 90.2 cm³/mol. The first-order valence-electron chi connectivity index (χ1n) is 7.27. The van der Waals surface area contributed by atoms with Crippen molar-refractivity contribution < 1.29 is 9.90 Å². The largest absolute Gasteiger partial charge is 0.507 e. The fourth-order valence-electron chi connectivity index (χ4n) is 2.48.